The highest BCUT2D eigenvalue weighted by Crippen LogP contribution is 2.15. The molecule has 0 amide bonds. The summed E-state index contributed by atoms with van der Waals surface area (Å²) in [7, 11) is 0. The standard InChI is InChI=1S/C17H28FN3/c1-4-20-7-9-21(10-8-20)13-16-11-15(5-6-17(16)18)12-19-14(2)3/h5-6,11,14,19H,4,7-10,12-13H2,1-3H3. The summed E-state index contributed by atoms with van der Waals surface area (Å²) in [6, 6.07) is 5.94. The van der Waals surface area contributed by atoms with Gasteiger partial charge in [0.25, 0.3) is 0 Å². The lowest BCUT2D eigenvalue weighted by atomic mass is 10.1. The number of hydrogen-bond acceptors (Lipinski definition) is 3. The predicted octanol–water partition coefficient (Wildman–Crippen LogP) is 2.46. The van der Waals surface area contributed by atoms with Crippen LogP contribution in [0.4, 0.5) is 4.39 Å². The largest absolute Gasteiger partial charge is 0.310 e. The average molecular weight is 293 g/mol. The summed E-state index contributed by atoms with van der Waals surface area (Å²) in [6.45, 7) is 13.3. The van der Waals surface area contributed by atoms with Gasteiger partial charge in [-0.15, -0.1) is 0 Å². The van der Waals surface area contributed by atoms with E-state index in [0.29, 0.717) is 6.04 Å². The Morgan fingerprint density at radius 3 is 2.43 bits per heavy atom. The molecule has 0 bridgehead atoms. The first kappa shape index (κ1) is 16.4. The van der Waals surface area contributed by atoms with Gasteiger partial charge in [0.2, 0.25) is 0 Å². The topological polar surface area (TPSA) is 18.5 Å². The van der Waals surface area contributed by atoms with Gasteiger partial charge in [-0.1, -0.05) is 32.9 Å². The molecular formula is C17H28FN3. The molecule has 1 N–H and O–H groups in total. The van der Waals surface area contributed by atoms with Gasteiger partial charge in [-0.2, -0.15) is 0 Å². The Kier molecular flexibility index (Phi) is 6.15. The molecule has 0 spiro atoms. The maximum atomic E-state index is 14.0. The Bertz CT molecular complexity index is 440. The fourth-order valence-corrected chi connectivity index (χ4v) is 2.69. The van der Waals surface area contributed by atoms with E-state index in [1.54, 1.807) is 6.07 Å². The number of halogens is 1. The molecule has 0 aliphatic carbocycles. The average Bonchev–Trinajstić information content (AvgIpc) is 2.48. The van der Waals surface area contributed by atoms with Crippen molar-refractivity contribution >= 4 is 0 Å². The number of nitrogens with one attached hydrogen (secondary N) is 1. The van der Waals surface area contributed by atoms with Gasteiger partial charge in [0.05, 0.1) is 0 Å². The van der Waals surface area contributed by atoms with Crippen molar-refractivity contribution < 1.29 is 4.39 Å². The molecule has 0 radical (unpaired) electrons. The molecule has 1 saturated heterocycles. The van der Waals surface area contributed by atoms with Crippen LogP contribution in [0.25, 0.3) is 0 Å². The van der Waals surface area contributed by atoms with Crippen molar-refractivity contribution in [1.82, 2.24) is 15.1 Å². The normalized spacial score (nSPS) is 17.6. The summed E-state index contributed by atoms with van der Waals surface area (Å²) in [5.74, 6) is -0.0822. The van der Waals surface area contributed by atoms with E-state index < -0.39 is 0 Å². The molecule has 0 atom stereocenters. The Labute approximate surface area is 128 Å². The third kappa shape index (κ3) is 5.06. The second kappa shape index (κ2) is 7.87. The Hall–Kier alpha value is -0.970. The van der Waals surface area contributed by atoms with E-state index in [2.05, 4.69) is 35.9 Å². The molecule has 3 nitrogen and oxygen atoms in total. The van der Waals surface area contributed by atoms with Gasteiger partial charge < -0.3 is 10.2 Å². The van der Waals surface area contributed by atoms with E-state index in [9.17, 15) is 4.39 Å². The zero-order chi connectivity index (χ0) is 15.2. The van der Waals surface area contributed by atoms with Crippen LogP contribution in [0.15, 0.2) is 18.2 Å². The number of rotatable bonds is 6. The Morgan fingerprint density at radius 1 is 1.14 bits per heavy atom. The van der Waals surface area contributed by atoms with Crippen LogP contribution in [0.5, 0.6) is 0 Å². The van der Waals surface area contributed by atoms with Crippen LogP contribution in [0, 0.1) is 5.82 Å². The second-order valence-electron chi connectivity index (χ2n) is 6.17. The maximum Gasteiger partial charge on any atom is 0.127 e. The van der Waals surface area contributed by atoms with E-state index in [1.807, 2.05) is 12.1 Å². The number of benzene rings is 1. The molecule has 1 aliphatic heterocycles. The number of hydrogen-bond donors (Lipinski definition) is 1. The van der Waals surface area contributed by atoms with Crippen molar-refractivity contribution in [2.24, 2.45) is 0 Å². The molecule has 0 saturated carbocycles. The molecule has 1 fully saturated rings. The van der Waals surface area contributed by atoms with Gasteiger partial charge in [-0.25, -0.2) is 4.39 Å². The first-order valence-corrected chi connectivity index (χ1v) is 8.04. The van der Waals surface area contributed by atoms with Gasteiger partial charge in [0, 0.05) is 50.9 Å². The lowest BCUT2D eigenvalue weighted by Crippen LogP contribution is -2.45. The van der Waals surface area contributed by atoms with Crippen molar-refractivity contribution in [2.75, 3.05) is 32.7 Å². The SMILES string of the molecule is CCN1CCN(Cc2cc(CNC(C)C)ccc2F)CC1. The minimum atomic E-state index is -0.0822. The van der Waals surface area contributed by atoms with Crippen molar-refractivity contribution in [3.05, 3.63) is 35.1 Å². The van der Waals surface area contributed by atoms with Gasteiger partial charge in [-0.05, 0) is 18.2 Å². The van der Waals surface area contributed by atoms with Crippen molar-refractivity contribution in [3.8, 4) is 0 Å². The van der Waals surface area contributed by atoms with E-state index in [1.165, 1.54) is 0 Å². The lowest BCUT2D eigenvalue weighted by Gasteiger charge is -2.34. The highest BCUT2D eigenvalue weighted by Gasteiger charge is 2.17. The van der Waals surface area contributed by atoms with Crippen molar-refractivity contribution in [1.29, 1.82) is 0 Å². The number of nitrogens with zero attached hydrogens (tertiary/aromatic N) is 2. The quantitative estimate of drug-likeness (QED) is 0.869. The van der Waals surface area contributed by atoms with E-state index >= 15 is 0 Å². The van der Waals surface area contributed by atoms with Crippen LogP contribution in [0.3, 0.4) is 0 Å². The van der Waals surface area contributed by atoms with Crippen LogP contribution in [0.1, 0.15) is 31.9 Å². The second-order valence-corrected chi connectivity index (χ2v) is 6.17. The minimum absolute atomic E-state index is 0.0822. The van der Waals surface area contributed by atoms with Gasteiger partial charge in [0.15, 0.2) is 0 Å². The molecule has 2 rings (SSSR count). The Morgan fingerprint density at radius 2 is 1.81 bits per heavy atom. The van der Waals surface area contributed by atoms with E-state index in [4.69, 9.17) is 0 Å². The zero-order valence-electron chi connectivity index (χ0n) is 13.5. The van der Waals surface area contributed by atoms with E-state index in [0.717, 1.165) is 56.9 Å². The van der Waals surface area contributed by atoms with Gasteiger partial charge >= 0.3 is 0 Å². The van der Waals surface area contributed by atoms with Crippen LogP contribution in [-0.4, -0.2) is 48.6 Å². The maximum absolute atomic E-state index is 14.0. The first-order chi connectivity index (χ1) is 10.1. The Balaban J connectivity index is 1.94. The molecule has 1 aliphatic rings. The minimum Gasteiger partial charge on any atom is -0.310 e. The van der Waals surface area contributed by atoms with Crippen molar-refractivity contribution in [2.45, 2.75) is 39.9 Å². The van der Waals surface area contributed by atoms with E-state index in [-0.39, 0.29) is 5.82 Å². The first-order valence-electron chi connectivity index (χ1n) is 8.04. The van der Waals surface area contributed by atoms with Crippen LogP contribution < -0.4 is 5.32 Å². The fraction of sp³-hybridized carbons (Fsp3) is 0.647. The molecule has 1 aromatic carbocycles. The summed E-state index contributed by atoms with van der Waals surface area (Å²) in [6.07, 6.45) is 0. The molecule has 0 aromatic heterocycles. The summed E-state index contributed by atoms with van der Waals surface area (Å²) in [5, 5.41) is 3.38. The van der Waals surface area contributed by atoms with Gasteiger partial charge in [0.1, 0.15) is 5.82 Å². The van der Waals surface area contributed by atoms with Crippen molar-refractivity contribution in [3.63, 3.8) is 0 Å². The summed E-state index contributed by atoms with van der Waals surface area (Å²) >= 11 is 0. The molecule has 118 valence electrons. The molecule has 1 aromatic rings. The fourth-order valence-electron chi connectivity index (χ4n) is 2.69. The lowest BCUT2D eigenvalue weighted by molar-refractivity contribution is 0.131. The van der Waals surface area contributed by atoms with Gasteiger partial charge in [-0.3, -0.25) is 4.90 Å². The third-order valence-corrected chi connectivity index (χ3v) is 4.13. The predicted molar refractivity (Wildman–Crippen MR) is 85.8 cm³/mol. The summed E-state index contributed by atoms with van der Waals surface area (Å²) in [4.78, 5) is 4.79. The highest BCUT2D eigenvalue weighted by atomic mass is 19.1. The van der Waals surface area contributed by atoms with Crippen LogP contribution >= 0.6 is 0 Å². The molecule has 21 heavy (non-hydrogen) atoms. The zero-order valence-corrected chi connectivity index (χ0v) is 13.5. The third-order valence-electron chi connectivity index (χ3n) is 4.13. The van der Waals surface area contributed by atoms with Crippen LogP contribution in [-0.2, 0) is 13.1 Å². The smallest absolute Gasteiger partial charge is 0.127 e. The number of likely N-dealkylation sites (N-methyl/N-ethyl adjacent to an activating group) is 1. The summed E-state index contributed by atoms with van der Waals surface area (Å²) < 4.78 is 14.0. The molecule has 1 heterocycles. The molecular weight excluding hydrogens is 265 g/mol. The monoisotopic (exact) mass is 293 g/mol. The molecule has 4 heteroatoms. The summed E-state index contributed by atoms with van der Waals surface area (Å²) in [5.41, 5.74) is 1.98. The molecule has 0 unspecified atom stereocenters. The highest BCUT2D eigenvalue weighted by molar-refractivity contribution is 5.25. The van der Waals surface area contributed by atoms with Crippen LogP contribution in [0.2, 0.25) is 0 Å². The number of piperazine rings is 1.